The van der Waals surface area contributed by atoms with Gasteiger partial charge in [0, 0.05) is 17.4 Å². The van der Waals surface area contributed by atoms with E-state index in [0.717, 1.165) is 54.8 Å². The molecule has 140 valence electrons. The summed E-state index contributed by atoms with van der Waals surface area (Å²) in [6, 6.07) is 8.69. The van der Waals surface area contributed by atoms with Crippen molar-refractivity contribution in [1.82, 2.24) is 0 Å². The van der Waals surface area contributed by atoms with Gasteiger partial charge in [0.15, 0.2) is 33.1 Å². The summed E-state index contributed by atoms with van der Waals surface area (Å²) >= 11 is 0. The van der Waals surface area contributed by atoms with Crippen molar-refractivity contribution < 1.29 is 30.4 Å². The van der Waals surface area contributed by atoms with E-state index in [2.05, 4.69) is 0 Å². The quantitative estimate of drug-likeness (QED) is 0.349. The molecular formula is C19H11F5O2S. The zero-order valence-corrected chi connectivity index (χ0v) is 14.5. The SMILES string of the molecule is CS(=O)(=O)c1ccc(-c2c(F)c(F)c(F)c(F)c2-c2ccc(F)cc2)cc1. The Morgan fingerprint density at radius 3 is 1.33 bits per heavy atom. The molecule has 0 aliphatic rings. The number of halogens is 5. The highest BCUT2D eigenvalue weighted by Gasteiger charge is 2.27. The second-order valence-electron chi connectivity index (χ2n) is 5.81. The molecule has 0 aromatic heterocycles. The van der Waals surface area contributed by atoms with E-state index in [9.17, 15) is 30.4 Å². The molecule has 0 amide bonds. The first kappa shape index (κ1) is 19.0. The van der Waals surface area contributed by atoms with Crippen LogP contribution in [0.5, 0.6) is 0 Å². The first-order valence-corrected chi connectivity index (χ1v) is 9.42. The molecule has 0 radical (unpaired) electrons. The molecule has 0 saturated carbocycles. The molecule has 0 N–H and O–H groups in total. The summed E-state index contributed by atoms with van der Waals surface area (Å²) in [5, 5.41) is 0. The number of hydrogen-bond donors (Lipinski definition) is 0. The molecule has 0 fully saturated rings. The zero-order chi connectivity index (χ0) is 19.9. The summed E-state index contributed by atoms with van der Waals surface area (Å²) in [5.41, 5.74) is -1.34. The van der Waals surface area contributed by atoms with Crippen molar-refractivity contribution in [2.75, 3.05) is 6.26 Å². The topological polar surface area (TPSA) is 34.1 Å². The Balaban J connectivity index is 2.33. The van der Waals surface area contributed by atoms with Gasteiger partial charge in [0.2, 0.25) is 0 Å². The molecule has 3 rings (SSSR count). The molecule has 0 atom stereocenters. The van der Waals surface area contributed by atoms with E-state index in [1.165, 1.54) is 0 Å². The molecule has 27 heavy (non-hydrogen) atoms. The van der Waals surface area contributed by atoms with Crippen molar-refractivity contribution >= 4 is 9.84 Å². The van der Waals surface area contributed by atoms with Crippen LogP contribution in [-0.2, 0) is 9.84 Å². The van der Waals surface area contributed by atoms with Crippen LogP contribution >= 0.6 is 0 Å². The Hall–Kier alpha value is -2.74. The number of sulfone groups is 1. The molecule has 3 aromatic carbocycles. The van der Waals surface area contributed by atoms with E-state index in [4.69, 9.17) is 0 Å². The van der Waals surface area contributed by atoms with Crippen LogP contribution in [0.25, 0.3) is 22.3 Å². The van der Waals surface area contributed by atoms with Crippen LogP contribution in [0.1, 0.15) is 0 Å². The van der Waals surface area contributed by atoms with Gasteiger partial charge in [0.05, 0.1) is 4.90 Å². The van der Waals surface area contributed by atoms with Gasteiger partial charge in [0.25, 0.3) is 0 Å². The van der Waals surface area contributed by atoms with Crippen molar-refractivity contribution in [3.63, 3.8) is 0 Å². The number of benzene rings is 3. The van der Waals surface area contributed by atoms with Crippen molar-refractivity contribution in [1.29, 1.82) is 0 Å². The Labute approximate surface area is 151 Å². The minimum Gasteiger partial charge on any atom is -0.224 e. The molecule has 8 heteroatoms. The van der Waals surface area contributed by atoms with Gasteiger partial charge in [-0.15, -0.1) is 0 Å². The molecule has 0 heterocycles. The lowest BCUT2D eigenvalue weighted by molar-refractivity contribution is 0.412. The third-order valence-corrected chi connectivity index (χ3v) is 5.10. The van der Waals surface area contributed by atoms with Gasteiger partial charge in [-0.25, -0.2) is 30.4 Å². The summed E-state index contributed by atoms with van der Waals surface area (Å²) in [4.78, 5) is -0.0851. The van der Waals surface area contributed by atoms with E-state index in [1.54, 1.807) is 0 Å². The van der Waals surface area contributed by atoms with Crippen LogP contribution in [0.4, 0.5) is 22.0 Å². The van der Waals surface area contributed by atoms with E-state index in [-0.39, 0.29) is 16.0 Å². The van der Waals surface area contributed by atoms with E-state index >= 15 is 0 Å². The van der Waals surface area contributed by atoms with Gasteiger partial charge >= 0.3 is 0 Å². The largest absolute Gasteiger partial charge is 0.224 e. The second-order valence-corrected chi connectivity index (χ2v) is 7.83. The zero-order valence-electron chi connectivity index (χ0n) is 13.7. The third kappa shape index (κ3) is 3.44. The molecule has 3 aromatic rings. The van der Waals surface area contributed by atoms with Gasteiger partial charge in [-0.3, -0.25) is 0 Å². The van der Waals surface area contributed by atoms with Crippen LogP contribution in [0.3, 0.4) is 0 Å². The summed E-state index contributed by atoms with van der Waals surface area (Å²) in [6.45, 7) is 0. The summed E-state index contributed by atoms with van der Waals surface area (Å²) in [7, 11) is -3.55. The predicted octanol–water partition coefficient (Wildman–Crippen LogP) is 5.12. The van der Waals surface area contributed by atoms with Crippen LogP contribution < -0.4 is 0 Å². The Morgan fingerprint density at radius 2 is 0.963 bits per heavy atom. The first-order valence-electron chi connectivity index (χ1n) is 7.53. The highest BCUT2D eigenvalue weighted by molar-refractivity contribution is 7.90. The maximum atomic E-state index is 14.5. The van der Waals surface area contributed by atoms with E-state index < -0.39 is 50.1 Å². The maximum absolute atomic E-state index is 14.5. The molecule has 2 nitrogen and oxygen atoms in total. The average Bonchev–Trinajstić information content (AvgIpc) is 2.63. The fraction of sp³-hybridized carbons (Fsp3) is 0.0526. The van der Waals surface area contributed by atoms with Crippen molar-refractivity contribution in [3.05, 3.63) is 77.6 Å². The summed E-state index contributed by atoms with van der Waals surface area (Å²) in [5.74, 6) is -7.92. The van der Waals surface area contributed by atoms with Crippen molar-refractivity contribution in [2.45, 2.75) is 4.90 Å². The van der Waals surface area contributed by atoms with Crippen LogP contribution in [0.15, 0.2) is 53.4 Å². The molecule has 0 bridgehead atoms. The molecule has 0 spiro atoms. The van der Waals surface area contributed by atoms with Crippen molar-refractivity contribution in [3.8, 4) is 22.3 Å². The van der Waals surface area contributed by atoms with Gasteiger partial charge in [-0.2, -0.15) is 0 Å². The fourth-order valence-electron chi connectivity index (χ4n) is 2.66. The molecule has 0 aliphatic heterocycles. The van der Waals surface area contributed by atoms with Gasteiger partial charge in [0.1, 0.15) is 5.82 Å². The van der Waals surface area contributed by atoms with Crippen LogP contribution in [-0.4, -0.2) is 14.7 Å². The fourth-order valence-corrected chi connectivity index (χ4v) is 3.29. The molecule has 0 saturated heterocycles. The molecule has 0 aliphatic carbocycles. The Kier molecular flexibility index (Phi) is 4.77. The monoisotopic (exact) mass is 398 g/mol. The highest BCUT2D eigenvalue weighted by Crippen LogP contribution is 2.39. The summed E-state index contributed by atoms with van der Waals surface area (Å²) < 4.78 is 92.8. The molecule has 0 unspecified atom stereocenters. The van der Waals surface area contributed by atoms with Gasteiger partial charge < -0.3 is 0 Å². The first-order chi connectivity index (χ1) is 12.6. The summed E-state index contributed by atoms with van der Waals surface area (Å²) in [6.07, 6.45) is 0.962. The lowest BCUT2D eigenvalue weighted by atomic mass is 9.93. The Morgan fingerprint density at radius 1 is 0.593 bits per heavy atom. The smallest absolute Gasteiger partial charge is 0.198 e. The van der Waals surface area contributed by atoms with Crippen LogP contribution in [0.2, 0.25) is 0 Å². The lowest BCUT2D eigenvalue weighted by Gasteiger charge is -2.15. The molecular weight excluding hydrogens is 387 g/mol. The average molecular weight is 398 g/mol. The minimum atomic E-state index is -3.55. The van der Waals surface area contributed by atoms with Gasteiger partial charge in [-0.05, 0) is 35.4 Å². The lowest BCUT2D eigenvalue weighted by Crippen LogP contribution is -2.04. The van der Waals surface area contributed by atoms with E-state index in [1.807, 2.05) is 0 Å². The third-order valence-electron chi connectivity index (χ3n) is 3.97. The van der Waals surface area contributed by atoms with Gasteiger partial charge in [-0.1, -0.05) is 24.3 Å². The Bertz CT molecular complexity index is 1120. The number of rotatable bonds is 3. The van der Waals surface area contributed by atoms with Crippen LogP contribution in [0, 0.1) is 29.1 Å². The van der Waals surface area contributed by atoms with E-state index in [0.29, 0.717) is 0 Å². The standard InChI is InChI=1S/C19H11F5O2S/c1-27(25,26)13-8-4-11(5-9-13)15-14(10-2-6-12(20)7-3-10)16(21)18(23)19(24)17(15)22/h2-9H,1H3. The predicted molar refractivity (Wildman–Crippen MR) is 90.2 cm³/mol. The highest BCUT2D eigenvalue weighted by atomic mass is 32.2. The number of hydrogen-bond acceptors (Lipinski definition) is 2. The second kappa shape index (κ2) is 6.77. The normalized spacial score (nSPS) is 11.6. The minimum absolute atomic E-state index is 0.0722. The maximum Gasteiger partial charge on any atom is 0.198 e. The van der Waals surface area contributed by atoms with Crippen molar-refractivity contribution in [2.24, 2.45) is 0 Å².